The molecule has 3 nitrogen and oxygen atoms in total. The molecule has 1 aliphatic carbocycles. The number of rotatable bonds is 8. The molecule has 1 aromatic heterocycles. The summed E-state index contributed by atoms with van der Waals surface area (Å²) in [6, 6.07) is 0.691. The van der Waals surface area contributed by atoms with Crippen LogP contribution in [0.4, 0.5) is 0 Å². The summed E-state index contributed by atoms with van der Waals surface area (Å²) >= 11 is 3.58. The molecule has 5 heteroatoms. The molecule has 1 aromatic rings. The Bertz CT molecular complexity index is 371. The maximum Gasteiger partial charge on any atom is 0.165 e. The number of aromatic nitrogens is 1. The lowest BCUT2D eigenvalue weighted by Crippen LogP contribution is -2.25. The Balaban J connectivity index is 1.71. The molecule has 0 atom stereocenters. The monoisotopic (exact) mass is 313 g/mol. The number of nitrogens with one attached hydrogen (secondary N) is 1. The average molecular weight is 314 g/mol. The second kappa shape index (κ2) is 9.03. The summed E-state index contributed by atoms with van der Waals surface area (Å²) in [5.41, 5.74) is 0. The van der Waals surface area contributed by atoms with Crippen LogP contribution in [-0.2, 0) is 6.42 Å². The van der Waals surface area contributed by atoms with Crippen molar-refractivity contribution in [3.8, 4) is 0 Å². The van der Waals surface area contributed by atoms with E-state index in [0.29, 0.717) is 6.04 Å². The van der Waals surface area contributed by atoms with E-state index in [2.05, 4.69) is 34.7 Å². The van der Waals surface area contributed by atoms with Crippen molar-refractivity contribution in [2.24, 2.45) is 0 Å². The SMILES string of the molecule is CCN(CC)CCc1cnc(SNC2CCCCC2)s1. The van der Waals surface area contributed by atoms with Gasteiger partial charge in [0.05, 0.1) is 0 Å². The van der Waals surface area contributed by atoms with Gasteiger partial charge in [0.2, 0.25) is 0 Å². The Kier molecular flexibility index (Phi) is 7.35. The summed E-state index contributed by atoms with van der Waals surface area (Å²) in [6.45, 7) is 7.88. The highest BCUT2D eigenvalue weighted by Crippen LogP contribution is 2.26. The summed E-state index contributed by atoms with van der Waals surface area (Å²) in [7, 11) is 0. The molecule has 0 unspecified atom stereocenters. The van der Waals surface area contributed by atoms with Crippen molar-refractivity contribution in [3.63, 3.8) is 0 Å². The van der Waals surface area contributed by atoms with Crippen molar-refractivity contribution < 1.29 is 0 Å². The molecule has 0 aromatic carbocycles. The zero-order valence-corrected chi connectivity index (χ0v) is 14.4. The first-order chi connectivity index (χ1) is 9.81. The summed E-state index contributed by atoms with van der Waals surface area (Å²) in [6.07, 6.45) is 10.0. The summed E-state index contributed by atoms with van der Waals surface area (Å²) in [5, 5.41) is 0. The third-order valence-corrected chi connectivity index (χ3v) is 6.10. The van der Waals surface area contributed by atoms with Gasteiger partial charge >= 0.3 is 0 Å². The smallest absolute Gasteiger partial charge is 0.165 e. The standard InChI is InChI=1S/C15H27N3S2/c1-3-18(4-2)11-10-14-12-16-15(19-14)20-17-13-8-6-5-7-9-13/h12-13,17H,3-11H2,1-2H3. The molecule has 0 bridgehead atoms. The van der Waals surface area contributed by atoms with E-state index >= 15 is 0 Å². The van der Waals surface area contributed by atoms with E-state index in [0.717, 1.165) is 26.1 Å². The molecule has 1 fully saturated rings. The van der Waals surface area contributed by atoms with Gasteiger partial charge in [0, 0.05) is 23.7 Å². The first kappa shape index (κ1) is 16.3. The molecule has 0 aliphatic heterocycles. The number of hydrogen-bond acceptors (Lipinski definition) is 5. The zero-order chi connectivity index (χ0) is 14.2. The Labute approximate surface area is 131 Å². The quantitative estimate of drug-likeness (QED) is 0.735. The molecule has 1 aliphatic rings. The number of hydrogen-bond donors (Lipinski definition) is 1. The molecule has 2 rings (SSSR count). The minimum Gasteiger partial charge on any atom is -0.304 e. The van der Waals surface area contributed by atoms with E-state index in [4.69, 9.17) is 0 Å². The third kappa shape index (κ3) is 5.35. The molecule has 1 N–H and O–H groups in total. The first-order valence-corrected chi connectivity index (χ1v) is 9.54. The molecular formula is C15H27N3S2. The fourth-order valence-electron chi connectivity index (χ4n) is 2.61. The van der Waals surface area contributed by atoms with Crippen molar-refractivity contribution in [1.82, 2.24) is 14.6 Å². The highest BCUT2D eigenvalue weighted by atomic mass is 32.2. The van der Waals surface area contributed by atoms with E-state index in [1.165, 1.54) is 41.3 Å². The molecule has 0 spiro atoms. The first-order valence-electron chi connectivity index (χ1n) is 7.91. The third-order valence-electron chi connectivity index (χ3n) is 4.02. The Morgan fingerprint density at radius 3 is 2.75 bits per heavy atom. The van der Waals surface area contributed by atoms with E-state index in [9.17, 15) is 0 Å². The Morgan fingerprint density at radius 1 is 1.30 bits per heavy atom. The van der Waals surface area contributed by atoms with Crippen molar-refractivity contribution in [2.75, 3.05) is 19.6 Å². The Morgan fingerprint density at radius 2 is 2.05 bits per heavy atom. The van der Waals surface area contributed by atoms with Gasteiger partial charge in [0.1, 0.15) is 0 Å². The van der Waals surface area contributed by atoms with Gasteiger partial charge in [-0.05, 0) is 44.3 Å². The van der Waals surface area contributed by atoms with Crippen LogP contribution in [0.3, 0.4) is 0 Å². The predicted molar refractivity (Wildman–Crippen MR) is 89.5 cm³/mol. The van der Waals surface area contributed by atoms with Crippen LogP contribution in [0.2, 0.25) is 0 Å². The molecule has 0 saturated heterocycles. The molecule has 20 heavy (non-hydrogen) atoms. The number of likely N-dealkylation sites (N-methyl/N-ethyl adjacent to an activating group) is 1. The number of thiazole rings is 1. The van der Waals surface area contributed by atoms with Crippen LogP contribution in [0.25, 0.3) is 0 Å². The van der Waals surface area contributed by atoms with Gasteiger partial charge in [-0.25, -0.2) is 4.98 Å². The van der Waals surface area contributed by atoms with Crippen LogP contribution in [0.15, 0.2) is 10.5 Å². The van der Waals surface area contributed by atoms with Crippen molar-refractivity contribution in [1.29, 1.82) is 0 Å². The number of nitrogens with zero attached hydrogens (tertiary/aromatic N) is 2. The molecule has 0 radical (unpaired) electrons. The summed E-state index contributed by atoms with van der Waals surface area (Å²) in [5.74, 6) is 0. The minimum atomic E-state index is 0.691. The van der Waals surface area contributed by atoms with Gasteiger partial charge in [-0.3, -0.25) is 4.72 Å². The normalized spacial score (nSPS) is 16.9. The molecular weight excluding hydrogens is 286 g/mol. The van der Waals surface area contributed by atoms with Gasteiger partial charge in [0.15, 0.2) is 4.34 Å². The van der Waals surface area contributed by atoms with Crippen molar-refractivity contribution >= 4 is 23.3 Å². The highest BCUT2D eigenvalue weighted by molar-refractivity contribution is 7.99. The summed E-state index contributed by atoms with van der Waals surface area (Å²) < 4.78 is 4.76. The topological polar surface area (TPSA) is 28.2 Å². The minimum absolute atomic E-state index is 0.691. The highest BCUT2D eigenvalue weighted by Gasteiger charge is 2.14. The summed E-state index contributed by atoms with van der Waals surface area (Å²) in [4.78, 5) is 8.40. The van der Waals surface area contributed by atoms with Crippen LogP contribution in [-0.4, -0.2) is 35.6 Å². The lowest BCUT2D eigenvalue weighted by Gasteiger charge is -2.21. The van der Waals surface area contributed by atoms with Gasteiger partial charge in [-0.15, -0.1) is 11.3 Å². The van der Waals surface area contributed by atoms with Crippen LogP contribution >= 0.6 is 23.3 Å². The predicted octanol–water partition coefficient (Wildman–Crippen LogP) is 3.96. The second-order valence-electron chi connectivity index (χ2n) is 5.42. The molecule has 0 amide bonds. The zero-order valence-electron chi connectivity index (χ0n) is 12.7. The van der Waals surface area contributed by atoms with E-state index in [-0.39, 0.29) is 0 Å². The maximum atomic E-state index is 4.53. The molecule has 114 valence electrons. The van der Waals surface area contributed by atoms with Crippen molar-refractivity contribution in [3.05, 3.63) is 11.1 Å². The lowest BCUT2D eigenvalue weighted by molar-refractivity contribution is 0.308. The van der Waals surface area contributed by atoms with Crippen LogP contribution in [0.5, 0.6) is 0 Å². The van der Waals surface area contributed by atoms with Crippen LogP contribution in [0.1, 0.15) is 50.8 Å². The lowest BCUT2D eigenvalue weighted by atomic mass is 9.96. The van der Waals surface area contributed by atoms with Gasteiger partial charge in [-0.2, -0.15) is 0 Å². The largest absolute Gasteiger partial charge is 0.304 e. The van der Waals surface area contributed by atoms with Crippen molar-refractivity contribution in [2.45, 2.75) is 62.8 Å². The van der Waals surface area contributed by atoms with Crippen LogP contribution < -0.4 is 4.72 Å². The van der Waals surface area contributed by atoms with Gasteiger partial charge < -0.3 is 4.90 Å². The fourth-order valence-corrected chi connectivity index (χ4v) is 4.48. The van der Waals surface area contributed by atoms with E-state index in [1.807, 2.05) is 11.3 Å². The second-order valence-corrected chi connectivity index (χ2v) is 7.62. The van der Waals surface area contributed by atoms with Gasteiger partial charge in [0.25, 0.3) is 0 Å². The van der Waals surface area contributed by atoms with Gasteiger partial charge in [-0.1, -0.05) is 33.1 Å². The molecule has 1 saturated carbocycles. The molecule has 1 heterocycles. The van der Waals surface area contributed by atoms with Crippen LogP contribution in [0, 0.1) is 0 Å². The maximum absolute atomic E-state index is 4.53. The van der Waals surface area contributed by atoms with E-state index < -0.39 is 0 Å². The fraction of sp³-hybridized carbons (Fsp3) is 0.800. The Hall–Kier alpha value is -0.100. The average Bonchev–Trinajstić information content (AvgIpc) is 2.95. The van der Waals surface area contributed by atoms with E-state index in [1.54, 1.807) is 11.9 Å².